The van der Waals surface area contributed by atoms with Crippen molar-refractivity contribution in [1.29, 1.82) is 5.26 Å². The van der Waals surface area contributed by atoms with Gasteiger partial charge in [0, 0.05) is 58.1 Å². The van der Waals surface area contributed by atoms with Gasteiger partial charge in [0.2, 0.25) is 5.28 Å². The highest BCUT2D eigenvalue weighted by atomic mass is 35.5. The summed E-state index contributed by atoms with van der Waals surface area (Å²) in [5.74, 6) is 3.62. The van der Waals surface area contributed by atoms with Crippen LogP contribution in [0, 0.1) is 11.3 Å². The Hall–Kier alpha value is -4.09. The average molecular weight is 632 g/mol. The highest BCUT2D eigenvalue weighted by molar-refractivity contribution is 8.00. The van der Waals surface area contributed by atoms with Crippen molar-refractivity contribution < 1.29 is 9.47 Å². The van der Waals surface area contributed by atoms with Crippen LogP contribution in [0.5, 0.6) is 11.5 Å². The van der Waals surface area contributed by atoms with Crippen LogP contribution in [0.15, 0.2) is 48.2 Å². The Labute approximate surface area is 260 Å². The number of thioether (sulfide) groups is 1. The Morgan fingerprint density at radius 2 is 2.09 bits per heavy atom. The minimum atomic E-state index is -0.385. The number of anilines is 2. The standard InChI is InChI=1S/C29H26ClN9O2S2/c1-40-19-6-5-16(20(8-19)41-2)10-34-24-17(4-3-7-33-24)11-38-15-35-23-25(38)36-28(30)37-26(23)39-14-29(27(39)32)22-18(9-31)12-42-21(22)13-43-29/h3-8,12,15,27H,10-11,13-14,32H2,1-2H3,(H,33,34). The summed E-state index contributed by atoms with van der Waals surface area (Å²) in [5.41, 5.74) is 11.7. The van der Waals surface area contributed by atoms with Gasteiger partial charge in [-0.1, -0.05) is 6.07 Å². The van der Waals surface area contributed by atoms with Gasteiger partial charge in [-0.2, -0.15) is 15.2 Å². The molecule has 14 heteroatoms. The van der Waals surface area contributed by atoms with Crippen molar-refractivity contribution in [2.24, 2.45) is 5.73 Å². The van der Waals surface area contributed by atoms with Crippen LogP contribution in [0.2, 0.25) is 5.28 Å². The van der Waals surface area contributed by atoms with Gasteiger partial charge in [-0.05, 0) is 29.8 Å². The van der Waals surface area contributed by atoms with Gasteiger partial charge < -0.3 is 30.0 Å². The lowest BCUT2D eigenvalue weighted by atomic mass is 9.85. The number of nitrogens with one attached hydrogen (secondary N) is 1. The molecule has 6 heterocycles. The number of benzene rings is 1. The zero-order valence-corrected chi connectivity index (χ0v) is 25.6. The number of methoxy groups -OCH3 is 2. The number of nitriles is 1. The molecule has 0 saturated carbocycles. The summed E-state index contributed by atoms with van der Waals surface area (Å²) >= 11 is 9.89. The van der Waals surface area contributed by atoms with Crippen molar-refractivity contribution in [3.63, 3.8) is 0 Å². The third kappa shape index (κ3) is 4.53. The third-order valence-electron chi connectivity index (χ3n) is 7.95. The van der Waals surface area contributed by atoms with Gasteiger partial charge in [0.15, 0.2) is 17.0 Å². The molecule has 2 aliphatic rings. The minimum absolute atomic E-state index is 0.113. The molecule has 1 aromatic carbocycles. The molecule has 0 aliphatic carbocycles. The maximum absolute atomic E-state index is 9.69. The van der Waals surface area contributed by atoms with Gasteiger partial charge in [0.05, 0.1) is 43.6 Å². The van der Waals surface area contributed by atoms with Gasteiger partial charge >= 0.3 is 0 Å². The van der Waals surface area contributed by atoms with E-state index >= 15 is 0 Å². The molecule has 0 radical (unpaired) electrons. The lowest BCUT2D eigenvalue weighted by Gasteiger charge is -2.54. The van der Waals surface area contributed by atoms with E-state index in [0.29, 0.717) is 42.2 Å². The van der Waals surface area contributed by atoms with E-state index in [2.05, 4.69) is 26.3 Å². The summed E-state index contributed by atoms with van der Waals surface area (Å²) in [7, 11) is 3.26. The summed E-state index contributed by atoms with van der Waals surface area (Å²) in [4.78, 5) is 21.6. The smallest absolute Gasteiger partial charge is 0.226 e. The molecular weight excluding hydrogens is 606 g/mol. The molecule has 1 saturated heterocycles. The number of aromatic nitrogens is 5. The Morgan fingerprint density at radius 3 is 2.88 bits per heavy atom. The number of halogens is 1. The highest BCUT2D eigenvalue weighted by Crippen LogP contribution is 2.58. The molecule has 1 fully saturated rings. The number of ether oxygens (including phenoxy) is 2. The van der Waals surface area contributed by atoms with E-state index in [-0.39, 0.29) is 16.2 Å². The van der Waals surface area contributed by atoms with E-state index in [1.54, 1.807) is 49.8 Å². The van der Waals surface area contributed by atoms with Crippen LogP contribution in [0.25, 0.3) is 11.2 Å². The fourth-order valence-corrected chi connectivity index (χ4v) is 8.72. The number of hydrogen-bond donors (Lipinski definition) is 2. The van der Waals surface area contributed by atoms with Crippen molar-refractivity contribution in [2.45, 2.75) is 29.8 Å². The highest BCUT2D eigenvalue weighted by Gasteiger charge is 2.58. The lowest BCUT2D eigenvalue weighted by Crippen LogP contribution is -2.70. The van der Waals surface area contributed by atoms with Crippen LogP contribution in [0.4, 0.5) is 11.6 Å². The van der Waals surface area contributed by atoms with E-state index in [0.717, 1.165) is 39.8 Å². The molecule has 218 valence electrons. The minimum Gasteiger partial charge on any atom is -0.497 e. The summed E-state index contributed by atoms with van der Waals surface area (Å²) in [6.07, 6.45) is 3.10. The predicted molar refractivity (Wildman–Crippen MR) is 168 cm³/mol. The van der Waals surface area contributed by atoms with Crippen molar-refractivity contribution in [2.75, 3.05) is 31.0 Å². The van der Waals surface area contributed by atoms with Gasteiger partial charge in [-0.3, -0.25) is 0 Å². The SMILES string of the molecule is COc1ccc(CNc2ncccc2Cn2cnc3c(N4CC5(SCc6scc(C#N)c65)C4N)nc(Cl)nc32)c(OC)c1. The Morgan fingerprint density at radius 1 is 1.21 bits per heavy atom. The molecular formula is C29H26ClN9O2S2. The van der Waals surface area contributed by atoms with Crippen LogP contribution >= 0.6 is 34.7 Å². The quantitative estimate of drug-likeness (QED) is 0.230. The molecule has 1 spiro atoms. The number of fused-ring (bicyclic) bond motifs is 3. The molecule has 2 aliphatic heterocycles. The van der Waals surface area contributed by atoms with E-state index < -0.39 is 0 Å². The fraction of sp³-hybridized carbons (Fsp3) is 0.276. The molecule has 11 nitrogen and oxygen atoms in total. The molecule has 0 bridgehead atoms. The zero-order chi connectivity index (χ0) is 29.7. The number of nitrogens with two attached hydrogens (primary N) is 1. The molecule has 0 amide bonds. The third-order valence-corrected chi connectivity index (χ3v) is 10.8. The molecule has 43 heavy (non-hydrogen) atoms. The predicted octanol–water partition coefficient (Wildman–Crippen LogP) is 4.73. The lowest BCUT2D eigenvalue weighted by molar-refractivity contribution is 0.351. The van der Waals surface area contributed by atoms with Gasteiger partial charge in [0.25, 0.3) is 0 Å². The van der Waals surface area contributed by atoms with Crippen LogP contribution in [-0.4, -0.2) is 51.4 Å². The molecule has 3 N–H and O–H groups in total. The maximum atomic E-state index is 9.69. The van der Waals surface area contributed by atoms with Crippen LogP contribution in [0.3, 0.4) is 0 Å². The summed E-state index contributed by atoms with van der Waals surface area (Å²) in [5, 5.41) is 15.2. The maximum Gasteiger partial charge on any atom is 0.226 e. The zero-order valence-electron chi connectivity index (χ0n) is 23.2. The number of pyridine rings is 1. The number of nitrogens with zero attached hydrogens (tertiary/aromatic N) is 7. The first kappa shape index (κ1) is 27.7. The fourth-order valence-electron chi connectivity index (χ4n) is 5.77. The normalized spacial score (nSPS) is 18.9. The topological polar surface area (TPSA) is 140 Å². The molecule has 4 aromatic heterocycles. The second kappa shape index (κ2) is 10.9. The number of imidazole rings is 1. The summed E-state index contributed by atoms with van der Waals surface area (Å²) in [6.45, 7) is 1.57. The molecule has 2 atom stereocenters. The average Bonchev–Trinajstić information content (AvgIpc) is 3.74. The summed E-state index contributed by atoms with van der Waals surface area (Å²) < 4.78 is 12.4. The second-order valence-electron chi connectivity index (χ2n) is 10.2. The number of thiophene rings is 1. The van der Waals surface area contributed by atoms with Crippen molar-refractivity contribution in [1.82, 2.24) is 24.5 Å². The first-order valence-corrected chi connectivity index (χ1v) is 15.6. The molecule has 2 unspecified atom stereocenters. The van der Waals surface area contributed by atoms with E-state index in [9.17, 15) is 5.26 Å². The van der Waals surface area contributed by atoms with Crippen molar-refractivity contribution in [3.8, 4) is 17.6 Å². The van der Waals surface area contributed by atoms with Gasteiger partial charge in [-0.25, -0.2) is 9.97 Å². The number of hydrogen-bond acceptors (Lipinski definition) is 12. The van der Waals surface area contributed by atoms with Gasteiger partial charge in [-0.15, -0.1) is 23.1 Å². The molecule has 5 aromatic rings. The Balaban J connectivity index is 1.15. The Kier molecular flexibility index (Phi) is 7.01. The van der Waals surface area contributed by atoms with Gasteiger partial charge in [0.1, 0.15) is 23.4 Å². The van der Waals surface area contributed by atoms with Crippen LogP contribution in [0.1, 0.15) is 27.1 Å². The van der Waals surface area contributed by atoms with Crippen LogP contribution in [-0.2, 0) is 23.6 Å². The largest absolute Gasteiger partial charge is 0.497 e. The molecule has 7 rings (SSSR count). The monoisotopic (exact) mass is 631 g/mol. The van der Waals surface area contributed by atoms with E-state index in [4.69, 9.17) is 31.8 Å². The van der Waals surface area contributed by atoms with Crippen molar-refractivity contribution >= 4 is 57.5 Å². The summed E-state index contributed by atoms with van der Waals surface area (Å²) in [6, 6.07) is 12.0. The van der Waals surface area contributed by atoms with Crippen LogP contribution < -0.4 is 25.4 Å². The first-order valence-electron chi connectivity index (χ1n) is 13.4. The van der Waals surface area contributed by atoms with E-state index in [1.165, 1.54) is 4.88 Å². The first-order chi connectivity index (χ1) is 21.0. The Bertz CT molecular complexity index is 1900. The van der Waals surface area contributed by atoms with E-state index in [1.807, 2.05) is 45.2 Å². The second-order valence-corrected chi connectivity index (χ2v) is 12.8. The van der Waals surface area contributed by atoms with Crippen molar-refractivity contribution in [3.05, 3.63) is 80.7 Å². The number of rotatable bonds is 8.